The number of rotatable bonds is 6. The zero-order valence-electron chi connectivity index (χ0n) is 28.1. The van der Waals surface area contributed by atoms with Crippen LogP contribution in [0.15, 0.2) is 11.6 Å². The summed E-state index contributed by atoms with van der Waals surface area (Å²) in [6, 6.07) is 0. The fourth-order valence-electron chi connectivity index (χ4n) is 11.3. The van der Waals surface area contributed by atoms with Gasteiger partial charge in [-0.25, -0.2) is 4.79 Å². The molecule has 1 unspecified atom stereocenters. The van der Waals surface area contributed by atoms with E-state index in [4.69, 9.17) is 23.7 Å². The van der Waals surface area contributed by atoms with Gasteiger partial charge in [-0.05, 0) is 99.4 Å². The van der Waals surface area contributed by atoms with Gasteiger partial charge in [0, 0.05) is 11.5 Å². The Morgan fingerprint density at radius 1 is 0.833 bits per heavy atom. The Morgan fingerprint density at radius 3 is 2.29 bits per heavy atom. The van der Waals surface area contributed by atoms with Crippen LogP contribution in [0.1, 0.15) is 78.6 Å². The van der Waals surface area contributed by atoms with Crippen LogP contribution in [-0.2, 0) is 28.5 Å². The van der Waals surface area contributed by atoms with E-state index in [0.717, 1.165) is 63.4 Å². The Balaban J connectivity index is 1.01. The maximum Gasteiger partial charge on any atom is 0.331 e. The van der Waals surface area contributed by atoms with Gasteiger partial charge in [-0.1, -0.05) is 13.8 Å². The lowest BCUT2D eigenvalue weighted by Gasteiger charge is -2.64. The molecule has 0 amide bonds. The zero-order chi connectivity index (χ0) is 34.3. The standard InChI is InChI=1S/C35H54O13/c1-16-25(38)30(48-31-28(41)27(40)26(39)23(14-36)47-31)29(42)32(45-16)46-19-6-9-33(2)18(13-19)4-5-22-21(33)7-10-34(3)20(8-11-35(22,34)43)17-12-24(37)44-15-17/h12,16,18-23,25-32,36,38-43H,4-11,13-15H2,1-3H3/t16-,18?,19+,20-,21+,22-,23-,25+,26-,27+,28-,29-,30-,31+,32+,33+,34-,35+/m1/s1. The van der Waals surface area contributed by atoms with Gasteiger partial charge in [-0.3, -0.25) is 0 Å². The fraction of sp³-hybridized carbons (Fsp3) is 0.914. The summed E-state index contributed by atoms with van der Waals surface area (Å²) in [5.74, 6) is 0.785. The number of fused-ring (bicyclic) bond motifs is 5. The molecule has 7 rings (SSSR count). The molecule has 0 aromatic rings. The minimum atomic E-state index is -1.69. The van der Waals surface area contributed by atoms with Crippen LogP contribution in [0.4, 0.5) is 0 Å². The minimum absolute atomic E-state index is 0.0217. The van der Waals surface area contributed by atoms with Gasteiger partial charge in [0.05, 0.1) is 24.4 Å². The Hall–Kier alpha value is -1.23. The first kappa shape index (κ1) is 35.2. The van der Waals surface area contributed by atoms with E-state index in [1.54, 1.807) is 13.0 Å². The lowest BCUT2D eigenvalue weighted by atomic mass is 9.43. The largest absolute Gasteiger partial charge is 0.458 e. The number of hydrogen-bond donors (Lipinski definition) is 7. The van der Waals surface area contributed by atoms with Crippen LogP contribution >= 0.6 is 0 Å². The van der Waals surface area contributed by atoms with Crippen molar-refractivity contribution in [3.63, 3.8) is 0 Å². The quantitative estimate of drug-likeness (QED) is 0.149. The van der Waals surface area contributed by atoms with Crippen LogP contribution in [0.25, 0.3) is 0 Å². The number of carbonyl (C=O) groups is 1. The number of aliphatic hydroxyl groups excluding tert-OH is 6. The number of ether oxygens (including phenoxy) is 5. The van der Waals surface area contributed by atoms with Crippen molar-refractivity contribution in [2.45, 2.75) is 152 Å². The molecule has 13 heteroatoms. The normalized spacial score (nSPS) is 55.3. The molecule has 0 bridgehead atoms. The second kappa shape index (κ2) is 12.8. The lowest BCUT2D eigenvalue weighted by molar-refractivity contribution is -0.362. The summed E-state index contributed by atoms with van der Waals surface area (Å²) in [4.78, 5) is 11.9. The summed E-state index contributed by atoms with van der Waals surface area (Å²) in [5.41, 5.74) is -0.0271. The third-order valence-electron chi connectivity index (χ3n) is 14.2. The SMILES string of the molecule is C[C@H]1O[C@@H](O[C@H]2CC[C@@]3(C)C(CC[C@@H]4[C@@H]3CC[C@]3(C)[C@@H](C5=CC(=O)OC5)CC[C@]43O)C2)[C@H](O)[C@H](O[C@@H]2O[C@H](CO)[C@@H](O)[C@H](O)[C@H]2O)[C@H]1O. The summed E-state index contributed by atoms with van der Waals surface area (Å²) >= 11 is 0. The van der Waals surface area contributed by atoms with Crippen molar-refractivity contribution >= 4 is 5.97 Å². The molecule has 48 heavy (non-hydrogen) atoms. The van der Waals surface area contributed by atoms with Crippen LogP contribution in [-0.4, -0.2) is 128 Å². The Morgan fingerprint density at radius 2 is 1.58 bits per heavy atom. The molecule has 6 fully saturated rings. The highest BCUT2D eigenvalue weighted by molar-refractivity contribution is 5.85. The third kappa shape index (κ3) is 5.42. The van der Waals surface area contributed by atoms with Crippen molar-refractivity contribution < 1.29 is 64.2 Å². The van der Waals surface area contributed by atoms with Gasteiger partial charge < -0.3 is 59.4 Å². The topological polar surface area (TPSA) is 205 Å². The van der Waals surface area contributed by atoms with Gasteiger partial charge >= 0.3 is 5.97 Å². The van der Waals surface area contributed by atoms with Gasteiger partial charge in [-0.2, -0.15) is 0 Å². The highest BCUT2D eigenvalue weighted by Gasteiger charge is 2.68. The van der Waals surface area contributed by atoms with E-state index >= 15 is 0 Å². The number of hydrogen-bond acceptors (Lipinski definition) is 13. The molecular formula is C35H54O13. The zero-order valence-corrected chi connectivity index (χ0v) is 28.1. The van der Waals surface area contributed by atoms with Crippen molar-refractivity contribution in [2.24, 2.45) is 34.5 Å². The molecule has 3 aliphatic heterocycles. The monoisotopic (exact) mass is 682 g/mol. The molecule has 18 atom stereocenters. The van der Waals surface area contributed by atoms with Crippen LogP contribution in [0.2, 0.25) is 0 Å². The van der Waals surface area contributed by atoms with E-state index in [0.29, 0.717) is 18.4 Å². The summed E-state index contributed by atoms with van der Waals surface area (Å²) in [6.45, 7) is 5.93. The summed E-state index contributed by atoms with van der Waals surface area (Å²) in [6.07, 6.45) is -4.38. The van der Waals surface area contributed by atoms with Gasteiger partial charge in [0.1, 0.15) is 49.3 Å². The smallest absolute Gasteiger partial charge is 0.331 e. The van der Waals surface area contributed by atoms with Crippen molar-refractivity contribution in [2.75, 3.05) is 13.2 Å². The van der Waals surface area contributed by atoms with E-state index in [1.165, 1.54) is 0 Å². The van der Waals surface area contributed by atoms with E-state index in [2.05, 4.69) is 13.8 Å². The van der Waals surface area contributed by atoms with Gasteiger partial charge in [-0.15, -0.1) is 0 Å². The minimum Gasteiger partial charge on any atom is -0.458 e. The van der Waals surface area contributed by atoms with Gasteiger partial charge in [0.25, 0.3) is 0 Å². The average Bonchev–Trinajstić information content (AvgIpc) is 3.61. The molecule has 4 saturated carbocycles. The highest BCUT2D eigenvalue weighted by atomic mass is 16.7. The van der Waals surface area contributed by atoms with Crippen LogP contribution in [0, 0.1) is 34.5 Å². The molecule has 0 spiro atoms. The maximum absolute atomic E-state index is 12.5. The first-order valence-electron chi connectivity index (χ1n) is 17.9. The number of esters is 1. The van der Waals surface area contributed by atoms with Crippen molar-refractivity contribution in [1.82, 2.24) is 0 Å². The number of cyclic esters (lactones) is 1. The molecule has 2 saturated heterocycles. The highest BCUT2D eigenvalue weighted by Crippen LogP contribution is 2.70. The molecule has 7 aliphatic rings. The molecule has 3 heterocycles. The van der Waals surface area contributed by atoms with Crippen LogP contribution in [0.5, 0.6) is 0 Å². The molecule has 13 nitrogen and oxygen atoms in total. The third-order valence-corrected chi connectivity index (χ3v) is 14.2. The Kier molecular flexibility index (Phi) is 9.36. The van der Waals surface area contributed by atoms with Gasteiger partial charge in [0.15, 0.2) is 12.6 Å². The maximum atomic E-state index is 12.5. The first-order chi connectivity index (χ1) is 22.7. The van der Waals surface area contributed by atoms with Crippen molar-refractivity contribution in [3.8, 4) is 0 Å². The number of carbonyl (C=O) groups excluding carboxylic acids is 1. The summed E-state index contributed by atoms with van der Waals surface area (Å²) in [7, 11) is 0. The second-order valence-corrected chi connectivity index (χ2v) is 16.3. The predicted molar refractivity (Wildman–Crippen MR) is 166 cm³/mol. The van der Waals surface area contributed by atoms with Crippen LogP contribution < -0.4 is 0 Å². The van der Waals surface area contributed by atoms with Crippen molar-refractivity contribution in [1.29, 1.82) is 0 Å². The molecule has 0 radical (unpaired) electrons. The number of aliphatic hydroxyl groups is 7. The molecule has 4 aliphatic carbocycles. The molecule has 272 valence electrons. The molecule has 7 N–H and O–H groups in total. The van der Waals surface area contributed by atoms with E-state index in [9.17, 15) is 40.5 Å². The molecule has 0 aromatic carbocycles. The first-order valence-corrected chi connectivity index (χ1v) is 17.9. The predicted octanol–water partition coefficient (Wildman–Crippen LogP) is 0.280. The summed E-state index contributed by atoms with van der Waals surface area (Å²) < 4.78 is 28.9. The summed E-state index contributed by atoms with van der Waals surface area (Å²) in [5, 5.41) is 75.0. The average molecular weight is 683 g/mol. The van der Waals surface area contributed by atoms with Gasteiger partial charge in [0.2, 0.25) is 0 Å². The Labute approximate surface area is 281 Å². The van der Waals surface area contributed by atoms with Crippen LogP contribution in [0.3, 0.4) is 0 Å². The van der Waals surface area contributed by atoms with E-state index in [1.807, 2.05) is 0 Å². The van der Waals surface area contributed by atoms with Crippen molar-refractivity contribution in [3.05, 3.63) is 11.6 Å². The molecule has 0 aromatic heterocycles. The van der Waals surface area contributed by atoms with E-state index < -0.39 is 73.6 Å². The van der Waals surface area contributed by atoms with E-state index in [-0.39, 0.29) is 34.7 Å². The Bertz CT molecular complexity index is 1240. The lowest BCUT2D eigenvalue weighted by Crippen LogP contribution is -2.64. The fourth-order valence-corrected chi connectivity index (χ4v) is 11.3. The molecular weight excluding hydrogens is 628 g/mol. The second-order valence-electron chi connectivity index (χ2n) is 16.3.